The normalized spacial score (nSPS) is 17.7. The van der Waals surface area contributed by atoms with Crippen molar-refractivity contribution >= 4 is 17.8 Å². The lowest BCUT2D eigenvalue weighted by molar-refractivity contribution is -0.151. The molecular formula is C14H24N2O4. The van der Waals surface area contributed by atoms with Gasteiger partial charge in [0.25, 0.3) is 0 Å². The lowest BCUT2D eigenvalue weighted by atomic mass is 9.90. The zero-order valence-corrected chi connectivity index (χ0v) is 12.3. The Morgan fingerprint density at radius 1 is 1.10 bits per heavy atom. The molecule has 20 heavy (non-hydrogen) atoms. The number of hydrogen-bond acceptors (Lipinski definition) is 4. The minimum absolute atomic E-state index is 0.165. The molecule has 1 rings (SSSR count). The van der Waals surface area contributed by atoms with Crippen molar-refractivity contribution in [3.63, 3.8) is 0 Å². The molecule has 0 aromatic rings. The smallest absolute Gasteiger partial charge is 0.331 e. The van der Waals surface area contributed by atoms with Crippen LogP contribution in [0.1, 0.15) is 51.9 Å². The van der Waals surface area contributed by atoms with Crippen molar-refractivity contribution < 1.29 is 19.1 Å². The highest BCUT2D eigenvalue weighted by atomic mass is 16.5. The summed E-state index contributed by atoms with van der Waals surface area (Å²) < 4.78 is 4.87. The molecule has 1 saturated carbocycles. The third-order valence-corrected chi connectivity index (χ3v) is 3.64. The van der Waals surface area contributed by atoms with Gasteiger partial charge in [-0.05, 0) is 12.8 Å². The minimum Gasteiger partial charge on any atom is -0.467 e. The van der Waals surface area contributed by atoms with E-state index in [2.05, 4.69) is 10.6 Å². The van der Waals surface area contributed by atoms with E-state index >= 15 is 0 Å². The molecule has 1 aliphatic rings. The summed E-state index contributed by atoms with van der Waals surface area (Å²) in [6.45, 7) is 1.68. The van der Waals surface area contributed by atoms with Crippen LogP contribution in [-0.4, -0.2) is 37.0 Å². The van der Waals surface area contributed by atoms with Crippen LogP contribution in [-0.2, 0) is 19.1 Å². The average Bonchev–Trinajstić information content (AvgIpc) is 2.63. The first kappa shape index (κ1) is 16.5. The van der Waals surface area contributed by atoms with Gasteiger partial charge in [0.2, 0.25) is 11.8 Å². The van der Waals surface area contributed by atoms with Crippen LogP contribution < -0.4 is 10.6 Å². The second-order valence-corrected chi connectivity index (χ2v) is 5.27. The Balaban J connectivity index is 2.62. The van der Waals surface area contributed by atoms with Crippen LogP contribution in [0.2, 0.25) is 0 Å². The molecule has 6 heteroatoms. The molecule has 0 aliphatic heterocycles. The second kappa shape index (κ2) is 7.87. The van der Waals surface area contributed by atoms with E-state index in [0.717, 1.165) is 25.7 Å². The van der Waals surface area contributed by atoms with Gasteiger partial charge >= 0.3 is 5.97 Å². The Hall–Kier alpha value is -1.59. The summed E-state index contributed by atoms with van der Waals surface area (Å²) in [5.41, 5.74) is -0.890. The minimum atomic E-state index is -0.890. The van der Waals surface area contributed by atoms with Crippen molar-refractivity contribution in [3.05, 3.63) is 0 Å². The maximum atomic E-state index is 12.1. The Morgan fingerprint density at radius 3 is 2.20 bits per heavy atom. The fourth-order valence-electron chi connectivity index (χ4n) is 2.59. The van der Waals surface area contributed by atoms with Gasteiger partial charge in [0.15, 0.2) is 0 Å². The number of carbonyl (C=O) groups is 3. The first-order valence-electron chi connectivity index (χ1n) is 7.14. The van der Waals surface area contributed by atoms with E-state index in [1.807, 2.05) is 0 Å². The van der Waals surface area contributed by atoms with E-state index in [9.17, 15) is 14.4 Å². The molecule has 0 bridgehead atoms. The third-order valence-electron chi connectivity index (χ3n) is 3.64. The predicted molar refractivity (Wildman–Crippen MR) is 73.9 cm³/mol. The molecule has 2 amide bonds. The number of esters is 1. The summed E-state index contributed by atoms with van der Waals surface area (Å²) in [6.07, 6.45) is 5.35. The van der Waals surface area contributed by atoms with Gasteiger partial charge in [-0.1, -0.05) is 25.7 Å². The molecule has 2 N–H and O–H groups in total. The van der Waals surface area contributed by atoms with Crippen molar-refractivity contribution in [2.24, 2.45) is 0 Å². The summed E-state index contributed by atoms with van der Waals surface area (Å²) >= 11 is 0. The van der Waals surface area contributed by atoms with Crippen LogP contribution in [0.25, 0.3) is 0 Å². The second-order valence-electron chi connectivity index (χ2n) is 5.27. The molecule has 1 aliphatic carbocycles. The molecule has 0 aromatic carbocycles. The molecule has 6 nitrogen and oxygen atoms in total. The number of rotatable bonds is 5. The van der Waals surface area contributed by atoms with E-state index in [4.69, 9.17) is 4.74 Å². The largest absolute Gasteiger partial charge is 0.467 e. The van der Waals surface area contributed by atoms with E-state index < -0.39 is 5.54 Å². The van der Waals surface area contributed by atoms with Crippen LogP contribution >= 0.6 is 0 Å². The van der Waals surface area contributed by atoms with Crippen LogP contribution in [0.5, 0.6) is 0 Å². The molecule has 0 saturated heterocycles. The van der Waals surface area contributed by atoms with Crippen molar-refractivity contribution in [3.8, 4) is 0 Å². The van der Waals surface area contributed by atoms with Gasteiger partial charge in [-0.3, -0.25) is 9.59 Å². The van der Waals surface area contributed by atoms with E-state index in [0.29, 0.717) is 12.8 Å². The molecule has 0 unspecified atom stereocenters. The van der Waals surface area contributed by atoms with E-state index in [1.54, 1.807) is 0 Å². The Bertz CT molecular complexity index is 360. The molecule has 0 spiro atoms. The van der Waals surface area contributed by atoms with Crippen LogP contribution in [0.4, 0.5) is 0 Å². The molecule has 114 valence electrons. The average molecular weight is 284 g/mol. The lowest BCUT2D eigenvalue weighted by Crippen LogP contribution is -2.55. The van der Waals surface area contributed by atoms with Crippen molar-refractivity contribution in [2.45, 2.75) is 57.4 Å². The maximum Gasteiger partial charge on any atom is 0.331 e. The molecule has 0 radical (unpaired) electrons. The fourth-order valence-corrected chi connectivity index (χ4v) is 2.59. The standard InChI is InChI=1S/C14H24N2O4/c1-11(17)15-10-7-12(18)16-14(13(19)20-2)8-5-3-4-6-9-14/h3-10H2,1-2H3,(H,15,17)(H,16,18). The van der Waals surface area contributed by atoms with Gasteiger partial charge in [-0.25, -0.2) is 4.79 Å². The highest BCUT2D eigenvalue weighted by molar-refractivity contribution is 5.88. The summed E-state index contributed by atoms with van der Waals surface area (Å²) in [5.74, 6) is -0.770. The lowest BCUT2D eigenvalue weighted by Gasteiger charge is -2.30. The van der Waals surface area contributed by atoms with Crippen LogP contribution in [0, 0.1) is 0 Å². The Kier molecular flexibility index (Phi) is 6.48. The monoisotopic (exact) mass is 284 g/mol. The summed E-state index contributed by atoms with van der Waals surface area (Å²) in [7, 11) is 1.35. The number of amides is 2. The van der Waals surface area contributed by atoms with Crippen molar-refractivity contribution in [1.82, 2.24) is 10.6 Å². The first-order valence-corrected chi connectivity index (χ1v) is 7.14. The maximum absolute atomic E-state index is 12.1. The van der Waals surface area contributed by atoms with Gasteiger partial charge in [0.05, 0.1) is 7.11 Å². The van der Waals surface area contributed by atoms with E-state index in [-0.39, 0.29) is 30.7 Å². The highest BCUT2D eigenvalue weighted by Crippen LogP contribution is 2.28. The zero-order chi connectivity index (χ0) is 15.0. The molecule has 0 aromatic heterocycles. The zero-order valence-electron chi connectivity index (χ0n) is 12.3. The van der Waals surface area contributed by atoms with Crippen LogP contribution in [0.3, 0.4) is 0 Å². The van der Waals surface area contributed by atoms with Gasteiger partial charge in [0.1, 0.15) is 5.54 Å². The summed E-state index contributed by atoms with van der Waals surface area (Å²) in [4.78, 5) is 34.8. The quantitative estimate of drug-likeness (QED) is 0.580. The Morgan fingerprint density at radius 2 is 1.70 bits per heavy atom. The van der Waals surface area contributed by atoms with Crippen molar-refractivity contribution in [2.75, 3.05) is 13.7 Å². The highest BCUT2D eigenvalue weighted by Gasteiger charge is 2.40. The van der Waals surface area contributed by atoms with Gasteiger partial charge < -0.3 is 15.4 Å². The van der Waals surface area contributed by atoms with Gasteiger partial charge in [0, 0.05) is 19.9 Å². The number of nitrogens with one attached hydrogen (secondary N) is 2. The fraction of sp³-hybridized carbons (Fsp3) is 0.786. The summed E-state index contributed by atoms with van der Waals surface area (Å²) in [6, 6.07) is 0. The topological polar surface area (TPSA) is 84.5 Å². The number of ether oxygens (including phenoxy) is 1. The summed E-state index contributed by atoms with van der Waals surface area (Å²) in [5, 5.41) is 5.40. The third kappa shape index (κ3) is 4.83. The van der Waals surface area contributed by atoms with E-state index in [1.165, 1.54) is 14.0 Å². The molecule has 0 heterocycles. The van der Waals surface area contributed by atoms with Gasteiger partial charge in [-0.15, -0.1) is 0 Å². The predicted octanol–water partition coefficient (Wildman–Crippen LogP) is 0.895. The molecule has 1 fully saturated rings. The number of carbonyl (C=O) groups excluding carboxylic acids is 3. The molecular weight excluding hydrogens is 260 g/mol. The SMILES string of the molecule is COC(=O)C1(NC(=O)CCNC(C)=O)CCCCCC1. The number of methoxy groups -OCH3 is 1. The number of hydrogen-bond donors (Lipinski definition) is 2. The van der Waals surface area contributed by atoms with Crippen molar-refractivity contribution in [1.29, 1.82) is 0 Å². The van der Waals surface area contributed by atoms with Gasteiger partial charge in [-0.2, -0.15) is 0 Å². The van der Waals surface area contributed by atoms with Crippen LogP contribution in [0.15, 0.2) is 0 Å². The first-order chi connectivity index (χ1) is 9.50. The molecule has 0 atom stereocenters. The Labute approximate surface area is 119 Å².